The molecule has 2 aromatic carbocycles. The molecule has 0 aliphatic carbocycles. The molecule has 1 aliphatic rings. The molecular weight excluding hydrogens is 418 g/mol. The number of para-hydroxylation sites is 1. The first kappa shape index (κ1) is 21.2. The van der Waals surface area contributed by atoms with Crippen LogP contribution in [0.3, 0.4) is 0 Å². The van der Waals surface area contributed by atoms with Gasteiger partial charge in [-0.2, -0.15) is 4.31 Å². The van der Waals surface area contributed by atoms with Crippen LogP contribution in [0.25, 0.3) is 10.9 Å². The standard InChI is InChI=1S/C21H23N5O4S/c27-20-17-8-4-5-9-18(17)23-19(24-20)21(28)22-10-11-25-12-14-26(15-13-25)31(29,30)16-6-2-1-3-7-16/h1-9H,10-15H2,(H,22,28)(H,23,24,27). The van der Waals surface area contributed by atoms with E-state index in [0.29, 0.717) is 55.1 Å². The minimum absolute atomic E-state index is 0.0255. The van der Waals surface area contributed by atoms with Crippen LogP contribution in [0.4, 0.5) is 0 Å². The van der Waals surface area contributed by atoms with Crippen molar-refractivity contribution in [3.05, 3.63) is 70.8 Å². The second-order valence-electron chi connectivity index (χ2n) is 7.25. The molecule has 1 aromatic heterocycles. The highest BCUT2D eigenvalue weighted by Gasteiger charge is 2.28. The fourth-order valence-corrected chi connectivity index (χ4v) is 4.98. The highest BCUT2D eigenvalue weighted by atomic mass is 32.2. The lowest BCUT2D eigenvalue weighted by Gasteiger charge is -2.33. The van der Waals surface area contributed by atoms with Crippen molar-refractivity contribution in [3.8, 4) is 0 Å². The fourth-order valence-electron chi connectivity index (χ4n) is 3.54. The normalized spacial score (nSPS) is 15.7. The number of hydrogen-bond acceptors (Lipinski definition) is 6. The Balaban J connectivity index is 1.29. The molecule has 10 heteroatoms. The summed E-state index contributed by atoms with van der Waals surface area (Å²) in [7, 11) is -3.48. The van der Waals surface area contributed by atoms with E-state index in [1.54, 1.807) is 54.6 Å². The highest BCUT2D eigenvalue weighted by Crippen LogP contribution is 2.17. The Morgan fingerprint density at radius 3 is 2.42 bits per heavy atom. The van der Waals surface area contributed by atoms with Crippen LogP contribution in [0, 0.1) is 0 Å². The SMILES string of the molecule is O=C(NCCN1CCN(S(=O)(=O)c2ccccc2)CC1)c1nc2ccccc2c(=O)[nH]1. The van der Waals surface area contributed by atoms with Gasteiger partial charge in [-0.15, -0.1) is 0 Å². The Morgan fingerprint density at radius 2 is 1.68 bits per heavy atom. The third-order valence-corrected chi connectivity index (χ3v) is 7.17. The number of rotatable bonds is 6. The second kappa shape index (κ2) is 8.96. The predicted octanol–water partition coefficient (Wildman–Crippen LogP) is 0.659. The maximum Gasteiger partial charge on any atom is 0.287 e. The number of sulfonamides is 1. The quantitative estimate of drug-likeness (QED) is 0.581. The molecule has 0 bridgehead atoms. The minimum Gasteiger partial charge on any atom is -0.348 e. The molecule has 1 saturated heterocycles. The molecule has 1 amide bonds. The van der Waals surface area contributed by atoms with Gasteiger partial charge in [0.25, 0.3) is 11.5 Å². The van der Waals surface area contributed by atoms with Crippen LogP contribution >= 0.6 is 0 Å². The van der Waals surface area contributed by atoms with Crippen LogP contribution in [-0.2, 0) is 10.0 Å². The monoisotopic (exact) mass is 441 g/mol. The van der Waals surface area contributed by atoms with Crippen LogP contribution in [0.2, 0.25) is 0 Å². The molecule has 0 unspecified atom stereocenters. The summed E-state index contributed by atoms with van der Waals surface area (Å²) in [5.74, 6) is -0.476. The number of H-pyrrole nitrogens is 1. The summed E-state index contributed by atoms with van der Waals surface area (Å²) >= 11 is 0. The van der Waals surface area contributed by atoms with E-state index in [1.807, 2.05) is 0 Å². The van der Waals surface area contributed by atoms with E-state index in [-0.39, 0.29) is 11.4 Å². The van der Waals surface area contributed by atoms with Gasteiger partial charge < -0.3 is 10.3 Å². The van der Waals surface area contributed by atoms with Gasteiger partial charge in [-0.05, 0) is 24.3 Å². The molecular formula is C21H23N5O4S. The van der Waals surface area contributed by atoms with Crippen LogP contribution in [0.15, 0.2) is 64.3 Å². The smallest absolute Gasteiger partial charge is 0.287 e. The van der Waals surface area contributed by atoms with Crippen LogP contribution in [0.1, 0.15) is 10.6 Å². The zero-order valence-electron chi connectivity index (χ0n) is 16.8. The van der Waals surface area contributed by atoms with Crippen molar-refractivity contribution >= 4 is 26.8 Å². The molecule has 0 radical (unpaired) electrons. The summed E-state index contributed by atoms with van der Waals surface area (Å²) in [5.41, 5.74) is 0.110. The number of hydrogen-bond donors (Lipinski definition) is 2. The molecule has 1 aliphatic heterocycles. The van der Waals surface area contributed by atoms with Crippen LogP contribution < -0.4 is 10.9 Å². The highest BCUT2D eigenvalue weighted by molar-refractivity contribution is 7.89. The van der Waals surface area contributed by atoms with E-state index in [1.165, 1.54) is 4.31 Å². The summed E-state index contributed by atoms with van der Waals surface area (Å²) in [6.07, 6.45) is 0. The molecule has 4 rings (SSSR count). The van der Waals surface area contributed by atoms with E-state index in [0.717, 1.165) is 0 Å². The summed E-state index contributed by atoms with van der Waals surface area (Å²) in [6, 6.07) is 15.2. The van der Waals surface area contributed by atoms with Gasteiger partial charge in [0.2, 0.25) is 10.0 Å². The number of aromatic amines is 1. The molecule has 2 heterocycles. The number of fused-ring (bicyclic) bond motifs is 1. The summed E-state index contributed by atoms with van der Waals surface area (Å²) in [5, 5.41) is 3.19. The third kappa shape index (κ3) is 4.66. The van der Waals surface area contributed by atoms with E-state index in [9.17, 15) is 18.0 Å². The van der Waals surface area contributed by atoms with E-state index in [2.05, 4.69) is 20.2 Å². The van der Waals surface area contributed by atoms with Crippen molar-refractivity contribution in [1.82, 2.24) is 24.5 Å². The topological polar surface area (TPSA) is 115 Å². The molecule has 0 saturated carbocycles. The van der Waals surface area contributed by atoms with Crippen molar-refractivity contribution in [2.75, 3.05) is 39.3 Å². The van der Waals surface area contributed by atoms with Gasteiger partial charge in [0.1, 0.15) is 0 Å². The maximum absolute atomic E-state index is 12.7. The Hall–Kier alpha value is -3.08. The van der Waals surface area contributed by atoms with E-state index in [4.69, 9.17) is 0 Å². The summed E-state index contributed by atoms with van der Waals surface area (Å²) < 4.78 is 26.9. The van der Waals surface area contributed by atoms with Crippen molar-refractivity contribution < 1.29 is 13.2 Å². The average molecular weight is 442 g/mol. The van der Waals surface area contributed by atoms with Crippen LogP contribution in [0.5, 0.6) is 0 Å². The molecule has 0 atom stereocenters. The first-order chi connectivity index (χ1) is 14.9. The van der Waals surface area contributed by atoms with Gasteiger partial charge in [-0.3, -0.25) is 14.5 Å². The second-order valence-corrected chi connectivity index (χ2v) is 9.18. The van der Waals surface area contributed by atoms with Gasteiger partial charge in [-0.1, -0.05) is 30.3 Å². The largest absolute Gasteiger partial charge is 0.348 e. The molecule has 0 spiro atoms. The minimum atomic E-state index is -3.48. The number of benzene rings is 2. The molecule has 1 fully saturated rings. The number of carbonyl (C=O) groups is 1. The Bertz CT molecular complexity index is 1240. The average Bonchev–Trinajstić information content (AvgIpc) is 2.80. The molecule has 2 N–H and O–H groups in total. The number of amides is 1. The van der Waals surface area contributed by atoms with Gasteiger partial charge in [0.05, 0.1) is 15.8 Å². The molecule has 3 aromatic rings. The van der Waals surface area contributed by atoms with Gasteiger partial charge in [0.15, 0.2) is 5.82 Å². The Labute approximate surface area is 179 Å². The third-order valence-electron chi connectivity index (χ3n) is 5.25. The van der Waals surface area contributed by atoms with Crippen molar-refractivity contribution in [1.29, 1.82) is 0 Å². The van der Waals surface area contributed by atoms with Gasteiger partial charge in [-0.25, -0.2) is 13.4 Å². The van der Waals surface area contributed by atoms with Gasteiger partial charge in [0, 0.05) is 39.3 Å². The number of nitrogens with one attached hydrogen (secondary N) is 2. The first-order valence-electron chi connectivity index (χ1n) is 10.00. The zero-order chi connectivity index (χ0) is 21.8. The number of aromatic nitrogens is 2. The Morgan fingerprint density at radius 1 is 1.00 bits per heavy atom. The lowest BCUT2D eigenvalue weighted by Crippen LogP contribution is -2.50. The summed E-state index contributed by atoms with van der Waals surface area (Å²) in [6.45, 7) is 2.87. The van der Waals surface area contributed by atoms with E-state index >= 15 is 0 Å². The summed E-state index contributed by atoms with van der Waals surface area (Å²) in [4.78, 5) is 33.6. The van der Waals surface area contributed by atoms with Crippen molar-refractivity contribution in [2.45, 2.75) is 4.90 Å². The first-order valence-corrected chi connectivity index (χ1v) is 11.4. The fraction of sp³-hybridized carbons (Fsp3) is 0.286. The number of carbonyl (C=O) groups excluding carboxylic acids is 1. The number of piperazine rings is 1. The van der Waals surface area contributed by atoms with Gasteiger partial charge >= 0.3 is 0 Å². The predicted molar refractivity (Wildman–Crippen MR) is 116 cm³/mol. The maximum atomic E-state index is 12.7. The molecule has 162 valence electrons. The van der Waals surface area contributed by atoms with E-state index < -0.39 is 15.9 Å². The Kier molecular flexibility index (Phi) is 6.12. The van der Waals surface area contributed by atoms with Crippen LogP contribution in [-0.4, -0.2) is 72.8 Å². The lowest BCUT2D eigenvalue weighted by molar-refractivity contribution is 0.0934. The molecule has 31 heavy (non-hydrogen) atoms. The van der Waals surface area contributed by atoms with Crippen molar-refractivity contribution in [2.24, 2.45) is 0 Å². The number of nitrogens with zero attached hydrogens (tertiary/aromatic N) is 3. The molecule has 9 nitrogen and oxygen atoms in total. The van der Waals surface area contributed by atoms with Crippen molar-refractivity contribution in [3.63, 3.8) is 0 Å². The lowest BCUT2D eigenvalue weighted by atomic mass is 10.2. The zero-order valence-corrected chi connectivity index (χ0v) is 17.6.